The molecule has 0 fully saturated rings. The normalized spacial score (nSPS) is 12.2. The summed E-state index contributed by atoms with van der Waals surface area (Å²) in [5.41, 5.74) is 2.38. The predicted octanol–water partition coefficient (Wildman–Crippen LogP) is 5.85. The van der Waals surface area contributed by atoms with E-state index in [9.17, 15) is 8.78 Å². The van der Waals surface area contributed by atoms with Gasteiger partial charge in [-0.25, -0.2) is 8.78 Å². The minimum atomic E-state index is -2.94. The van der Waals surface area contributed by atoms with Crippen molar-refractivity contribution < 1.29 is 13.5 Å². The Morgan fingerprint density at radius 2 is 2.00 bits per heavy atom. The van der Waals surface area contributed by atoms with Crippen LogP contribution in [0.1, 0.15) is 58.1 Å². The second kappa shape index (κ2) is 10.0. The first kappa shape index (κ1) is 22.3. The van der Waals surface area contributed by atoms with Gasteiger partial charge >= 0.3 is 0 Å². The standard InChI is InChI=1S/C22H33F2N3O/c1-6-7-9-27(5)15-18-14-25-26-21(18)17-11-19(22(4,23)24)13-20(12-17)28-10-8-16(2)3/h11-14,16H,6-10,15H2,1-5H3,(H,25,26). The van der Waals surface area contributed by atoms with Crippen molar-refractivity contribution in [3.63, 3.8) is 0 Å². The quantitative estimate of drug-likeness (QED) is 0.521. The fourth-order valence-corrected chi connectivity index (χ4v) is 2.97. The lowest BCUT2D eigenvalue weighted by Gasteiger charge is -2.18. The van der Waals surface area contributed by atoms with Gasteiger partial charge < -0.3 is 9.64 Å². The molecule has 1 aromatic heterocycles. The third kappa shape index (κ3) is 6.59. The van der Waals surface area contributed by atoms with Crippen molar-refractivity contribution in [2.45, 2.75) is 59.4 Å². The topological polar surface area (TPSA) is 41.2 Å². The molecule has 1 N–H and O–H groups in total. The second-order valence-corrected chi connectivity index (χ2v) is 8.03. The van der Waals surface area contributed by atoms with Crippen LogP contribution in [0.4, 0.5) is 8.78 Å². The number of aromatic nitrogens is 2. The zero-order valence-corrected chi connectivity index (χ0v) is 17.7. The molecule has 0 unspecified atom stereocenters. The van der Waals surface area contributed by atoms with Crippen LogP contribution in [0.25, 0.3) is 11.3 Å². The minimum Gasteiger partial charge on any atom is -0.494 e. The molecule has 0 radical (unpaired) electrons. The number of hydrogen-bond donors (Lipinski definition) is 1. The first-order chi connectivity index (χ1) is 13.2. The third-order valence-electron chi connectivity index (χ3n) is 4.72. The summed E-state index contributed by atoms with van der Waals surface area (Å²) >= 11 is 0. The predicted molar refractivity (Wildman–Crippen MR) is 110 cm³/mol. The first-order valence-corrected chi connectivity index (χ1v) is 10.1. The third-order valence-corrected chi connectivity index (χ3v) is 4.72. The maximum Gasteiger partial charge on any atom is 0.270 e. The zero-order valence-electron chi connectivity index (χ0n) is 17.7. The number of aromatic amines is 1. The lowest BCUT2D eigenvalue weighted by molar-refractivity contribution is 0.0172. The Morgan fingerprint density at radius 1 is 1.25 bits per heavy atom. The Bertz CT molecular complexity index is 738. The van der Waals surface area contributed by atoms with Crippen molar-refractivity contribution in [1.29, 1.82) is 0 Å². The summed E-state index contributed by atoms with van der Waals surface area (Å²) < 4.78 is 33.9. The van der Waals surface area contributed by atoms with Crippen LogP contribution >= 0.6 is 0 Å². The summed E-state index contributed by atoms with van der Waals surface area (Å²) in [6.45, 7) is 9.49. The highest BCUT2D eigenvalue weighted by Crippen LogP contribution is 2.35. The lowest BCUT2D eigenvalue weighted by atomic mass is 10.0. The average molecular weight is 394 g/mol. The molecule has 0 bridgehead atoms. The van der Waals surface area contributed by atoms with Crippen LogP contribution in [-0.2, 0) is 12.5 Å². The van der Waals surface area contributed by atoms with Crippen molar-refractivity contribution in [2.75, 3.05) is 20.2 Å². The molecule has 0 saturated heterocycles. The fourth-order valence-electron chi connectivity index (χ4n) is 2.97. The molecule has 0 spiro atoms. The van der Waals surface area contributed by atoms with E-state index < -0.39 is 5.92 Å². The van der Waals surface area contributed by atoms with E-state index in [-0.39, 0.29) is 5.56 Å². The number of hydrogen-bond acceptors (Lipinski definition) is 3. The van der Waals surface area contributed by atoms with Gasteiger partial charge in [-0.15, -0.1) is 0 Å². The highest BCUT2D eigenvalue weighted by atomic mass is 19.3. The molecular formula is C22H33F2N3O. The van der Waals surface area contributed by atoms with E-state index in [2.05, 4.69) is 42.9 Å². The molecule has 0 aliphatic heterocycles. The van der Waals surface area contributed by atoms with Crippen LogP contribution in [0.15, 0.2) is 24.4 Å². The van der Waals surface area contributed by atoms with Crippen molar-refractivity contribution >= 4 is 0 Å². The van der Waals surface area contributed by atoms with Gasteiger partial charge in [-0.05, 0) is 50.6 Å². The highest BCUT2D eigenvalue weighted by Gasteiger charge is 2.26. The molecule has 0 aliphatic rings. The fraction of sp³-hybridized carbons (Fsp3) is 0.591. The smallest absolute Gasteiger partial charge is 0.270 e. The Kier molecular flexibility index (Phi) is 7.98. The Morgan fingerprint density at radius 3 is 2.64 bits per heavy atom. The van der Waals surface area contributed by atoms with Crippen molar-refractivity contribution in [2.24, 2.45) is 5.92 Å². The van der Waals surface area contributed by atoms with E-state index in [4.69, 9.17) is 4.74 Å². The monoisotopic (exact) mass is 393 g/mol. The van der Waals surface area contributed by atoms with Crippen LogP contribution in [-0.4, -0.2) is 35.3 Å². The molecule has 0 atom stereocenters. The van der Waals surface area contributed by atoms with Crippen LogP contribution in [0, 0.1) is 5.92 Å². The molecule has 2 aromatic rings. The van der Waals surface area contributed by atoms with E-state index in [1.807, 2.05) is 6.07 Å². The van der Waals surface area contributed by atoms with E-state index in [0.29, 0.717) is 30.4 Å². The molecular weight excluding hydrogens is 360 g/mol. The number of halogens is 2. The molecule has 1 heterocycles. The van der Waals surface area contributed by atoms with Crippen molar-refractivity contribution in [3.8, 4) is 17.0 Å². The number of nitrogens with one attached hydrogen (secondary N) is 1. The molecule has 28 heavy (non-hydrogen) atoms. The zero-order chi connectivity index (χ0) is 20.7. The van der Waals surface area contributed by atoms with E-state index in [1.165, 1.54) is 12.1 Å². The van der Waals surface area contributed by atoms with Gasteiger partial charge in [0.1, 0.15) is 5.75 Å². The number of rotatable bonds is 11. The summed E-state index contributed by atoms with van der Waals surface area (Å²) in [6.07, 6.45) is 4.90. The highest BCUT2D eigenvalue weighted by molar-refractivity contribution is 5.66. The SMILES string of the molecule is CCCCN(C)Cc1cn[nH]c1-c1cc(OCCC(C)C)cc(C(C)(F)F)c1. The molecule has 2 rings (SSSR count). The summed E-state index contributed by atoms with van der Waals surface area (Å²) in [5, 5.41) is 7.15. The molecule has 0 amide bonds. The van der Waals surface area contributed by atoms with Gasteiger partial charge in [-0.2, -0.15) is 5.10 Å². The number of benzene rings is 1. The summed E-state index contributed by atoms with van der Waals surface area (Å²) in [7, 11) is 2.06. The largest absolute Gasteiger partial charge is 0.494 e. The number of H-pyrrole nitrogens is 1. The minimum absolute atomic E-state index is 0.0514. The number of unbranched alkanes of at least 4 members (excludes halogenated alkanes) is 1. The van der Waals surface area contributed by atoms with Gasteiger partial charge in [-0.1, -0.05) is 27.2 Å². The number of ether oxygens (including phenoxy) is 1. The maximum atomic E-state index is 14.1. The molecule has 6 heteroatoms. The lowest BCUT2D eigenvalue weighted by Crippen LogP contribution is -2.19. The number of alkyl halides is 2. The molecule has 0 aliphatic carbocycles. The van der Waals surface area contributed by atoms with Gasteiger partial charge in [0.25, 0.3) is 5.92 Å². The number of nitrogens with zero attached hydrogens (tertiary/aromatic N) is 2. The summed E-state index contributed by atoms with van der Waals surface area (Å²) in [5.74, 6) is -1.98. The molecule has 0 saturated carbocycles. The van der Waals surface area contributed by atoms with Crippen LogP contribution in [0.5, 0.6) is 5.75 Å². The Labute approximate surface area is 167 Å². The van der Waals surface area contributed by atoms with Crippen molar-refractivity contribution in [3.05, 3.63) is 35.5 Å². The maximum absolute atomic E-state index is 14.1. The second-order valence-electron chi connectivity index (χ2n) is 8.03. The van der Waals surface area contributed by atoms with Gasteiger partial charge in [0, 0.05) is 30.2 Å². The molecule has 156 valence electrons. The van der Waals surface area contributed by atoms with Crippen LogP contribution in [0.2, 0.25) is 0 Å². The van der Waals surface area contributed by atoms with Crippen LogP contribution < -0.4 is 4.74 Å². The van der Waals surface area contributed by atoms with E-state index in [1.54, 1.807) is 6.20 Å². The van der Waals surface area contributed by atoms with E-state index in [0.717, 1.165) is 44.0 Å². The Balaban J connectivity index is 2.30. The van der Waals surface area contributed by atoms with Gasteiger partial charge in [0.2, 0.25) is 0 Å². The van der Waals surface area contributed by atoms with Gasteiger partial charge in [0.15, 0.2) is 0 Å². The summed E-state index contributed by atoms with van der Waals surface area (Å²) in [4.78, 5) is 2.22. The molecule has 4 nitrogen and oxygen atoms in total. The average Bonchev–Trinajstić information content (AvgIpc) is 3.06. The summed E-state index contributed by atoms with van der Waals surface area (Å²) in [6, 6.07) is 4.78. The van der Waals surface area contributed by atoms with Gasteiger partial charge in [0.05, 0.1) is 18.5 Å². The van der Waals surface area contributed by atoms with Gasteiger partial charge in [-0.3, -0.25) is 5.10 Å². The van der Waals surface area contributed by atoms with Crippen LogP contribution in [0.3, 0.4) is 0 Å². The van der Waals surface area contributed by atoms with Crippen molar-refractivity contribution in [1.82, 2.24) is 15.1 Å². The molecule has 1 aromatic carbocycles. The Hall–Kier alpha value is -1.95. The first-order valence-electron chi connectivity index (χ1n) is 10.1. The van der Waals surface area contributed by atoms with E-state index >= 15 is 0 Å².